The molecule has 4 nitrogen and oxygen atoms in total. The molecule has 1 amide bonds. The standard InChI is InChI=1S/C13H18F3N3O/c1-9-10(5-6-11(18-9)13(14,15)16)12(20)17-7-4-8-19(2)3/h5-6H,4,7-8H2,1-3H3,(H,17,20). The number of carbonyl (C=O) groups is 1. The minimum absolute atomic E-state index is 0.0740. The first kappa shape index (κ1) is 16.4. The Morgan fingerprint density at radius 2 is 2.00 bits per heavy atom. The number of amides is 1. The van der Waals surface area contributed by atoms with E-state index in [9.17, 15) is 18.0 Å². The van der Waals surface area contributed by atoms with Gasteiger partial charge in [0.1, 0.15) is 5.69 Å². The van der Waals surface area contributed by atoms with Crippen molar-refractivity contribution in [2.24, 2.45) is 0 Å². The number of nitrogens with zero attached hydrogens (tertiary/aromatic N) is 2. The number of hydrogen-bond acceptors (Lipinski definition) is 3. The van der Waals surface area contributed by atoms with E-state index in [-0.39, 0.29) is 11.3 Å². The molecule has 0 unspecified atom stereocenters. The van der Waals surface area contributed by atoms with E-state index in [1.54, 1.807) is 0 Å². The lowest BCUT2D eigenvalue weighted by molar-refractivity contribution is -0.141. The van der Waals surface area contributed by atoms with Crippen LogP contribution >= 0.6 is 0 Å². The van der Waals surface area contributed by atoms with Crippen LogP contribution in [0.3, 0.4) is 0 Å². The highest BCUT2D eigenvalue weighted by Gasteiger charge is 2.32. The number of hydrogen-bond donors (Lipinski definition) is 1. The molecule has 0 aliphatic rings. The Morgan fingerprint density at radius 1 is 1.35 bits per heavy atom. The van der Waals surface area contributed by atoms with Gasteiger partial charge in [0.25, 0.3) is 5.91 Å². The second-order valence-electron chi connectivity index (χ2n) is 4.74. The van der Waals surface area contributed by atoms with Crippen molar-refractivity contribution in [3.8, 4) is 0 Å². The van der Waals surface area contributed by atoms with E-state index in [2.05, 4.69) is 10.3 Å². The molecule has 0 radical (unpaired) electrons. The van der Waals surface area contributed by atoms with Gasteiger partial charge in [-0.1, -0.05) is 0 Å². The fourth-order valence-corrected chi connectivity index (χ4v) is 1.65. The van der Waals surface area contributed by atoms with Gasteiger partial charge in [-0.15, -0.1) is 0 Å². The normalized spacial score (nSPS) is 11.8. The van der Waals surface area contributed by atoms with E-state index in [4.69, 9.17) is 0 Å². The second kappa shape index (κ2) is 6.69. The van der Waals surface area contributed by atoms with Crippen LogP contribution in [-0.2, 0) is 6.18 Å². The van der Waals surface area contributed by atoms with Crippen molar-refractivity contribution in [1.29, 1.82) is 0 Å². The summed E-state index contributed by atoms with van der Waals surface area (Å²) in [5.41, 5.74) is -0.744. The Morgan fingerprint density at radius 3 is 2.50 bits per heavy atom. The van der Waals surface area contributed by atoms with Gasteiger partial charge in [-0.3, -0.25) is 4.79 Å². The lowest BCUT2D eigenvalue weighted by Crippen LogP contribution is -2.28. The van der Waals surface area contributed by atoms with E-state index in [0.29, 0.717) is 6.54 Å². The van der Waals surface area contributed by atoms with Crippen molar-refractivity contribution in [2.45, 2.75) is 19.5 Å². The number of pyridine rings is 1. The minimum Gasteiger partial charge on any atom is -0.352 e. The Balaban J connectivity index is 2.65. The molecule has 0 fully saturated rings. The smallest absolute Gasteiger partial charge is 0.352 e. The third kappa shape index (κ3) is 4.80. The minimum atomic E-state index is -4.49. The number of aryl methyl sites for hydroxylation is 1. The zero-order valence-electron chi connectivity index (χ0n) is 11.7. The first-order valence-electron chi connectivity index (χ1n) is 6.19. The number of alkyl halides is 3. The SMILES string of the molecule is Cc1nc(C(F)(F)F)ccc1C(=O)NCCCN(C)C. The molecule has 0 bridgehead atoms. The highest BCUT2D eigenvalue weighted by Crippen LogP contribution is 2.28. The molecule has 1 rings (SSSR count). The molecule has 112 valence electrons. The molecule has 0 saturated carbocycles. The van der Waals surface area contributed by atoms with Crippen molar-refractivity contribution >= 4 is 5.91 Å². The van der Waals surface area contributed by atoms with Crippen LogP contribution in [0.2, 0.25) is 0 Å². The maximum atomic E-state index is 12.5. The molecule has 0 saturated heterocycles. The first-order valence-corrected chi connectivity index (χ1v) is 6.19. The van der Waals surface area contributed by atoms with Crippen LogP contribution in [0.5, 0.6) is 0 Å². The molecule has 1 heterocycles. The van der Waals surface area contributed by atoms with Crippen molar-refractivity contribution in [3.63, 3.8) is 0 Å². The van der Waals surface area contributed by atoms with Gasteiger partial charge in [-0.2, -0.15) is 13.2 Å². The Labute approximate surface area is 116 Å². The summed E-state index contributed by atoms with van der Waals surface area (Å²) in [6.07, 6.45) is -3.72. The monoisotopic (exact) mass is 289 g/mol. The van der Waals surface area contributed by atoms with E-state index < -0.39 is 17.8 Å². The van der Waals surface area contributed by atoms with Gasteiger partial charge in [0.05, 0.1) is 11.3 Å². The molecule has 1 aromatic heterocycles. The summed E-state index contributed by atoms with van der Waals surface area (Å²) in [6.45, 7) is 2.69. The topological polar surface area (TPSA) is 45.2 Å². The number of nitrogens with one attached hydrogen (secondary N) is 1. The second-order valence-corrected chi connectivity index (χ2v) is 4.74. The fraction of sp³-hybridized carbons (Fsp3) is 0.538. The average Bonchev–Trinajstić information content (AvgIpc) is 2.32. The molecule has 0 aliphatic carbocycles. The van der Waals surface area contributed by atoms with E-state index in [0.717, 1.165) is 25.1 Å². The zero-order valence-corrected chi connectivity index (χ0v) is 11.7. The quantitative estimate of drug-likeness (QED) is 0.844. The summed E-state index contributed by atoms with van der Waals surface area (Å²) in [6, 6.07) is 1.98. The van der Waals surface area contributed by atoms with Crippen LogP contribution in [0.4, 0.5) is 13.2 Å². The van der Waals surface area contributed by atoms with Crippen molar-refractivity contribution in [1.82, 2.24) is 15.2 Å². The Kier molecular flexibility index (Phi) is 5.50. The molecule has 1 aromatic rings. The number of rotatable bonds is 5. The molecular weight excluding hydrogens is 271 g/mol. The molecule has 0 aliphatic heterocycles. The first-order chi connectivity index (χ1) is 9.21. The molecule has 0 spiro atoms. The predicted octanol–water partition coefficient (Wildman–Crippen LogP) is 2.09. The van der Waals surface area contributed by atoms with Gasteiger partial charge >= 0.3 is 6.18 Å². The molecule has 20 heavy (non-hydrogen) atoms. The predicted molar refractivity (Wildman–Crippen MR) is 69.5 cm³/mol. The summed E-state index contributed by atoms with van der Waals surface area (Å²) >= 11 is 0. The lowest BCUT2D eigenvalue weighted by atomic mass is 10.1. The van der Waals surface area contributed by atoms with Gasteiger partial charge in [-0.05, 0) is 46.1 Å². The van der Waals surface area contributed by atoms with Crippen molar-refractivity contribution in [2.75, 3.05) is 27.2 Å². The average molecular weight is 289 g/mol. The summed E-state index contributed by atoms with van der Waals surface area (Å²) < 4.78 is 37.4. The third-order valence-corrected chi connectivity index (χ3v) is 2.69. The van der Waals surface area contributed by atoms with Crippen LogP contribution in [0.15, 0.2) is 12.1 Å². The largest absolute Gasteiger partial charge is 0.433 e. The van der Waals surface area contributed by atoms with Gasteiger partial charge < -0.3 is 10.2 Å². The summed E-state index contributed by atoms with van der Waals surface area (Å²) in [4.78, 5) is 17.2. The number of carbonyl (C=O) groups excluding carboxylic acids is 1. The molecular formula is C13H18F3N3O. The third-order valence-electron chi connectivity index (χ3n) is 2.69. The maximum Gasteiger partial charge on any atom is 0.433 e. The van der Waals surface area contributed by atoms with E-state index >= 15 is 0 Å². The van der Waals surface area contributed by atoms with Crippen LogP contribution in [0.1, 0.15) is 28.2 Å². The number of aromatic nitrogens is 1. The van der Waals surface area contributed by atoms with Gasteiger partial charge in [0, 0.05) is 6.54 Å². The van der Waals surface area contributed by atoms with Crippen LogP contribution in [0.25, 0.3) is 0 Å². The van der Waals surface area contributed by atoms with Crippen molar-refractivity contribution < 1.29 is 18.0 Å². The van der Waals surface area contributed by atoms with E-state index in [1.807, 2.05) is 19.0 Å². The molecule has 1 N–H and O–H groups in total. The molecule has 0 aromatic carbocycles. The summed E-state index contributed by atoms with van der Waals surface area (Å²) in [5, 5.41) is 2.67. The molecule has 7 heteroatoms. The Hall–Kier alpha value is -1.63. The highest BCUT2D eigenvalue weighted by atomic mass is 19.4. The van der Waals surface area contributed by atoms with E-state index in [1.165, 1.54) is 6.92 Å². The van der Waals surface area contributed by atoms with Crippen LogP contribution in [-0.4, -0.2) is 43.0 Å². The van der Waals surface area contributed by atoms with Crippen molar-refractivity contribution in [3.05, 3.63) is 29.1 Å². The summed E-state index contributed by atoms with van der Waals surface area (Å²) in [7, 11) is 3.84. The van der Waals surface area contributed by atoms with Crippen LogP contribution in [0, 0.1) is 6.92 Å². The molecule has 0 atom stereocenters. The lowest BCUT2D eigenvalue weighted by Gasteiger charge is -2.12. The fourth-order valence-electron chi connectivity index (χ4n) is 1.65. The Bertz CT molecular complexity index is 472. The van der Waals surface area contributed by atoms with Gasteiger partial charge in [-0.25, -0.2) is 4.98 Å². The summed E-state index contributed by atoms with van der Waals surface area (Å²) in [5.74, 6) is -0.400. The van der Waals surface area contributed by atoms with Gasteiger partial charge in [0.15, 0.2) is 0 Å². The zero-order chi connectivity index (χ0) is 15.3. The highest BCUT2D eigenvalue weighted by molar-refractivity contribution is 5.95. The van der Waals surface area contributed by atoms with Gasteiger partial charge in [0.2, 0.25) is 0 Å². The maximum absolute atomic E-state index is 12.5. The number of halogens is 3. The van der Waals surface area contributed by atoms with Crippen LogP contribution < -0.4 is 5.32 Å².